The van der Waals surface area contributed by atoms with Crippen LogP contribution in [-0.2, 0) is 14.8 Å². The first-order valence-corrected chi connectivity index (χ1v) is 11.9. The van der Waals surface area contributed by atoms with Gasteiger partial charge >= 0.3 is 6.09 Å². The van der Waals surface area contributed by atoms with Gasteiger partial charge in [-0.2, -0.15) is 0 Å². The molecule has 0 atom stereocenters. The van der Waals surface area contributed by atoms with Gasteiger partial charge in [-0.05, 0) is 50.2 Å². The van der Waals surface area contributed by atoms with Crippen LogP contribution in [0, 0.1) is 0 Å². The van der Waals surface area contributed by atoms with E-state index in [2.05, 4.69) is 15.0 Å². The van der Waals surface area contributed by atoms with E-state index in [0.717, 1.165) is 5.39 Å². The number of para-hydroxylation sites is 1. The molecule has 2 amide bonds. The van der Waals surface area contributed by atoms with Gasteiger partial charge in [0.05, 0.1) is 18.6 Å². The molecule has 2 heterocycles. The number of hydrogen-bond acceptors (Lipinski definition) is 6. The first-order chi connectivity index (χ1) is 15.7. The van der Waals surface area contributed by atoms with Gasteiger partial charge in [-0.25, -0.2) is 13.2 Å². The number of alkyl carbamates (subject to hydrolysis) is 1. The minimum absolute atomic E-state index is 0.0249. The van der Waals surface area contributed by atoms with Crippen LogP contribution in [0.1, 0.15) is 24.2 Å². The smallest absolute Gasteiger partial charge is 0.407 e. The Hall–Kier alpha value is -3.66. The Morgan fingerprint density at radius 3 is 2.45 bits per heavy atom. The van der Waals surface area contributed by atoms with E-state index in [9.17, 15) is 18.0 Å². The molecular formula is C23H24N4O5S. The summed E-state index contributed by atoms with van der Waals surface area (Å²) in [6.45, 7) is 4.29. The van der Waals surface area contributed by atoms with Crippen LogP contribution in [0.4, 0.5) is 10.5 Å². The predicted molar refractivity (Wildman–Crippen MR) is 123 cm³/mol. The summed E-state index contributed by atoms with van der Waals surface area (Å²) in [6.07, 6.45) is 0.706. The normalized spacial score (nSPS) is 14.1. The van der Waals surface area contributed by atoms with Crippen molar-refractivity contribution in [1.82, 2.24) is 15.2 Å². The van der Waals surface area contributed by atoms with E-state index in [1.54, 1.807) is 47.5 Å². The number of carbonyl (C=O) groups is 2. The van der Waals surface area contributed by atoms with E-state index >= 15 is 0 Å². The van der Waals surface area contributed by atoms with Gasteiger partial charge in [-0.3, -0.25) is 14.5 Å². The molecule has 172 valence electrons. The molecule has 1 aliphatic heterocycles. The van der Waals surface area contributed by atoms with Gasteiger partial charge < -0.3 is 15.0 Å². The fraction of sp³-hybridized carbons (Fsp3) is 0.261. The minimum Gasteiger partial charge on any atom is -0.442 e. The highest BCUT2D eigenvalue weighted by molar-refractivity contribution is 7.93. The van der Waals surface area contributed by atoms with Crippen LogP contribution in [0.15, 0.2) is 65.7 Å². The highest BCUT2D eigenvalue weighted by Gasteiger charge is 2.34. The molecule has 1 saturated heterocycles. The molecule has 0 radical (unpaired) electrons. The predicted octanol–water partition coefficient (Wildman–Crippen LogP) is 2.99. The van der Waals surface area contributed by atoms with Crippen molar-refractivity contribution in [1.29, 1.82) is 0 Å². The van der Waals surface area contributed by atoms with Crippen LogP contribution < -0.4 is 10.0 Å². The average molecular weight is 469 g/mol. The van der Waals surface area contributed by atoms with Crippen LogP contribution in [-0.4, -0.2) is 55.5 Å². The van der Waals surface area contributed by atoms with E-state index in [0.29, 0.717) is 29.9 Å². The third-order valence-electron chi connectivity index (χ3n) is 5.08. The highest BCUT2D eigenvalue weighted by atomic mass is 32.2. The summed E-state index contributed by atoms with van der Waals surface area (Å²) in [5, 5.41) is 3.36. The maximum Gasteiger partial charge on any atom is 0.407 e. The quantitative estimate of drug-likeness (QED) is 0.574. The third-order valence-corrected chi connectivity index (χ3v) is 6.50. The van der Waals surface area contributed by atoms with Crippen molar-refractivity contribution in [2.75, 3.05) is 17.8 Å². The van der Waals surface area contributed by atoms with E-state index in [1.165, 1.54) is 18.2 Å². The summed E-state index contributed by atoms with van der Waals surface area (Å²) in [4.78, 5) is 30.1. The number of sulfonamides is 1. The summed E-state index contributed by atoms with van der Waals surface area (Å²) in [7, 11) is -3.87. The van der Waals surface area contributed by atoms with Crippen LogP contribution in [0.25, 0.3) is 10.9 Å². The number of amides is 2. The zero-order chi connectivity index (χ0) is 23.6. The van der Waals surface area contributed by atoms with Crippen molar-refractivity contribution in [3.05, 3.63) is 66.4 Å². The maximum atomic E-state index is 12.9. The van der Waals surface area contributed by atoms with Crippen LogP contribution in [0.2, 0.25) is 0 Å². The van der Waals surface area contributed by atoms with Crippen molar-refractivity contribution in [3.8, 4) is 0 Å². The SMILES string of the molecule is CC(C)NC(=O)OC1CN(C(=O)c2ccc(NS(=O)(=O)c3cccc4cccnc34)cc2)C1. The van der Waals surface area contributed by atoms with E-state index < -0.39 is 16.1 Å². The summed E-state index contributed by atoms with van der Waals surface area (Å²) in [5.74, 6) is -0.216. The summed E-state index contributed by atoms with van der Waals surface area (Å²) >= 11 is 0. The van der Waals surface area contributed by atoms with E-state index in [1.807, 2.05) is 13.8 Å². The second-order valence-corrected chi connectivity index (χ2v) is 9.70. The largest absolute Gasteiger partial charge is 0.442 e. The molecular weight excluding hydrogens is 444 g/mol. The number of nitrogens with zero attached hydrogens (tertiary/aromatic N) is 2. The number of pyridine rings is 1. The fourth-order valence-electron chi connectivity index (χ4n) is 3.47. The highest BCUT2D eigenvalue weighted by Crippen LogP contribution is 2.24. The number of benzene rings is 2. The lowest BCUT2D eigenvalue weighted by atomic mass is 10.1. The Morgan fingerprint density at radius 2 is 1.76 bits per heavy atom. The Morgan fingerprint density at radius 1 is 1.06 bits per heavy atom. The Balaban J connectivity index is 1.39. The van der Waals surface area contributed by atoms with Gasteiger partial charge in [0.1, 0.15) is 11.0 Å². The monoisotopic (exact) mass is 468 g/mol. The molecule has 0 spiro atoms. The van der Waals surface area contributed by atoms with Gasteiger partial charge in [-0.1, -0.05) is 18.2 Å². The molecule has 10 heteroatoms. The molecule has 0 saturated carbocycles. The zero-order valence-corrected chi connectivity index (χ0v) is 19.0. The first kappa shape index (κ1) is 22.5. The van der Waals surface area contributed by atoms with Crippen molar-refractivity contribution < 1.29 is 22.7 Å². The second-order valence-electron chi connectivity index (χ2n) is 8.05. The van der Waals surface area contributed by atoms with Gasteiger partial charge in [0.15, 0.2) is 0 Å². The van der Waals surface area contributed by atoms with Gasteiger partial charge in [0.2, 0.25) is 0 Å². The standard InChI is InChI=1S/C23H24N4O5S/c1-15(2)25-23(29)32-19-13-27(14-19)22(28)17-8-10-18(11-9-17)26-33(30,31)20-7-3-5-16-6-4-12-24-21(16)20/h3-12,15,19,26H,13-14H2,1-2H3,(H,25,29). The molecule has 33 heavy (non-hydrogen) atoms. The van der Waals surface area contributed by atoms with Gasteiger partial charge in [0.25, 0.3) is 15.9 Å². The Kier molecular flexibility index (Phi) is 6.19. The lowest BCUT2D eigenvalue weighted by Crippen LogP contribution is -2.56. The van der Waals surface area contributed by atoms with E-state index in [4.69, 9.17) is 4.74 Å². The molecule has 2 N–H and O–H groups in total. The molecule has 1 aliphatic rings. The summed E-state index contributed by atoms with van der Waals surface area (Å²) < 4.78 is 33.6. The number of ether oxygens (including phenoxy) is 1. The van der Waals surface area contributed by atoms with Crippen LogP contribution in [0.5, 0.6) is 0 Å². The van der Waals surface area contributed by atoms with Crippen molar-refractivity contribution in [2.24, 2.45) is 0 Å². The summed E-state index contributed by atoms with van der Waals surface area (Å²) in [6, 6.07) is 14.7. The molecule has 2 aromatic carbocycles. The molecule has 4 rings (SSSR count). The number of fused-ring (bicyclic) bond motifs is 1. The minimum atomic E-state index is -3.87. The lowest BCUT2D eigenvalue weighted by Gasteiger charge is -2.38. The number of rotatable bonds is 6. The molecule has 1 fully saturated rings. The Bertz CT molecular complexity index is 1280. The van der Waals surface area contributed by atoms with Gasteiger partial charge in [-0.15, -0.1) is 0 Å². The van der Waals surface area contributed by atoms with Gasteiger partial charge in [0, 0.05) is 28.9 Å². The fourth-order valence-corrected chi connectivity index (χ4v) is 4.71. The molecule has 0 unspecified atom stereocenters. The maximum absolute atomic E-state index is 12.9. The average Bonchev–Trinajstić information content (AvgIpc) is 2.75. The van der Waals surface area contributed by atoms with Crippen LogP contribution in [0.3, 0.4) is 0 Å². The number of likely N-dealkylation sites (tertiary alicyclic amines) is 1. The molecule has 0 bridgehead atoms. The second kappa shape index (κ2) is 9.07. The van der Waals surface area contributed by atoms with E-state index in [-0.39, 0.29) is 22.9 Å². The van der Waals surface area contributed by atoms with Crippen molar-refractivity contribution >= 4 is 38.6 Å². The summed E-state index contributed by atoms with van der Waals surface area (Å²) in [5.41, 5.74) is 1.13. The zero-order valence-electron chi connectivity index (χ0n) is 18.2. The topological polar surface area (TPSA) is 118 Å². The molecule has 0 aliphatic carbocycles. The number of aromatic nitrogens is 1. The Labute approximate surface area is 191 Å². The number of hydrogen-bond donors (Lipinski definition) is 2. The van der Waals surface area contributed by atoms with Crippen molar-refractivity contribution in [3.63, 3.8) is 0 Å². The third kappa shape index (κ3) is 5.06. The lowest BCUT2D eigenvalue weighted by molar-refractivity contribution is -0.00700. The molecule has 3 aromatic rings. The first-order valence-electron chi connectivity index (χ1n) is 10.5. The number of anilines is 1. The molecule has 1 aromatic heterocycles. The number of carbonyl (C=O) groups excluding carboxylic acids is 2. The molecule has 9 nitrogen and oxygen atoms in total. The van der Waals surface area contributed by atoms with Crippen molar-refractivity contribution in [2.45, 2.75) is 30.9 Å². The van der Waals surface area contributed by atoms with Crippen LogP contribution >= 0.6 is 0 Å². The number of nitrogens with one attached hydrogen (secondary N) is 2.